The highest BCUT2D eigenvalue weighted by atomic mass is 16.5. The molecule has 0 aliphatic heterocycles. The van der Waals surface area contributed by atoms with Crippen LogP contribution in [-0.4, -0.2) is 23.3 Å². The van der Waals surface area contributed by atoms with E-state index in [-0.39, 0.29) is 11.9 Å². The highest BCUT2D eigenvalue weighted by molar-refractivity contribution is 5.75. The maximum atomic E-state index is 10.8. The van der Waals surface area contributed by atoms with Crippen LogP contribution < -0.4 is 16.5 Å². The van der Waals surface area contributed by atoms with Gasteiger partial charge in [0.1, 0.15) is 6.17 Å². The minimum absolute atomic E-state index is 0.145. The van der Waals surface area contributed by atoms with Crippen LogP contribution in [0.3, 0.4) is 0 Å². The monoisotopic (exact) mass is 161 g/mol. The van der Waals surface area contributed by atoms with Crippen LogP contribution in [0.5, 0.6) is 0 Å². The van der Waals surface area contributed by atoms with E-state index in [9.17, 15) is 4.79 Å². The first kappa shape index (κ1) is 10.3. The first-order valence-electron chi connectivity index (χ1n) is 3.56. The molecular weight excluding hydrogens is 146 g/mol. The molecule has 0 aromatic heterocycles. The molecule has 5 N–H and O–H groups in total. The fourth-order valence-corrected chi connectivity index (χ4v) is 0.557. The second-order valence-electron chi connectivity index (χ2n) is 2.39. The molecule has 0 fully saturated rings. The molecule has 5 heteroatoms. The molecule has 66 valence electrons. The summed E-state index contributed by atoms with van der Waals surface area (Å²) in [5.41, 5.74) is 7.32. The quantitative estimate of drug-likeness (QED) is 0.320. The Morgan fingerprint density at radius 1 is 1.73 bits per heavy atom. The Bertz CT molecular complexity index is 127. The van der Waals surface area contributed by atoms with E-state index in [2.05, 4.69) is 5.32 Å². The van der Waals surface area contributed by atoms with E-state index < -0.39 is 6.17 Å². The van der Waals surface area contributed by atoms with Crippen LogP contribution in [0, 0.1) is 0 Å². The van der Waals surface area contributed by atoms with Crippen LogP contribution >= 0.6 is 0 Å². The zero-order valence-electron chi connectivity index (χ0n) is 6.79. The molecule has 5 nitrogen and oxygen atoms in total. The van der Waals surface area contributed by atoms with Crippen LogP contribution in [0.2, 0.25) is 0 Å². The van der Waals surface area contributed by atoms with Crippen molar-refractivity contribution in [2.24, 2.45) is 5.73 Å². The minimum atomic E-state index is -0.567. The van der Waals surface area contributed by atoms with Gasteiger partial charge < -0.3 is 16.3 Å². The Balaban J connectivity index is 3.78. The average molecular weight is 161 g/mol. The summed E-state index contributed by atoms with van der Waals surface area (Å²) in [4.78, 5) is 10.8. The highest BCUT2D eigenvalue weighted by Crippen LogP contribution is 1.85. The third-order valence-electron chi connectivity index (χ3n) is 1.30. The van der Waals surface area contributed by atoms with Gasteiger partial charge in [0.05, 0.1) is 0 Å². The van der Waals surface area contributed by atoms with Gasteiger partial charge >= 0.3 is 0 Å². The molecule has 0 aliphatic carbocycles. The van der Waals surface area contributed by atoms with E-state index in [0.717, 1.165) is 0 Å². The van der Waals surface area contributed by atoms with Crippen LogP contribution in [0.1, 0.15) is 20.3 Å². The molecular formula is C6H15N3O2. The Morgan fingerprint density at radius 2 is 2.27 bits per heavy atom. The largest absolute Gasteiger partial charge is 0.337 e. The zero-order chi connectivity index (χ0) is 8.85. The second-order valence-corrected chi connectivity index (χ2v) is 2.39. The van der Waals surface area contributed by atoms with E-state index in [1.54, 1.807) is 13.8 Å². The van der Waals surface area contributed by atoms with E-state index in [1.165, 1.54) is 0 Å². The lowest BCUT2D eigenvalue weighted by Crippen LogP contribution is -2.53. The molecule has 2 atom stereocenters. The van der Waals surface area contributed by atoms with Gasteiger partial charge in [-0.05, 0) is 6.92 Å². The van der Waals surface area contributed by atoms with Gasteiger partial charge in [-0.15, -0.1) is 0 Å². The SMILES string of the molecule is CCC(=O)NC(NO)C(C)N. The number of nitrogens with one attached hydrogen (secondary N) is 2. The summed E-state index contributed by atoms with van der Waals surface area (Å²) in [5.74, 6) is -0.145. The third kappa shape index (κ3) is 3.92. The Kier molecular flexibility index (Phi) is 4.76. The average Bonchev–Trinajstić information content (AvgIpc) is 1.99. The van der Waals surface area contributed by atoms with Crippen LogP contribution in [0.15, 0.2) is 0 Å². The number of hydroxylamine groups is 1. The summed E-state index contributed by atoms with van der Waals surface area (Å²) in [6.07, 6.45) is -0.187. The number of hydrogen-bond acceptors (Lipinski definition) is 4. The van der Waals surface area contributed by atoms with Gasteiger partial charge in [-0.25, -0.2) is 0 Å². The molecule has 0 bridgehead atoms. The van der Waals surface area contributed by atoms with E-state index in [0.29, 0.717) is 6.42 Å². The van der Waals surface area contributed by atoms with Gasteiger partial charge in [-0.1, -0.05) is 6.92 Å². The van der Waals surface area contributed by atoms with Gasteiger partial charge in [0.2, 0.25) is 5.91 Å². The van der Waals surface area contributed by atoms with Crippen molar-refractivity contribution in [2.45, 2.75) is 32.5 Å². The van der Waals surface area contributed by atoms with Gasteiger partial charge in [-0.2, -0.15) is 5.48 Å². The number of rotatable bonds is 4. The molecule has 0 aromatic rings. The number of hydrogen-bond donors (Lipinski definition) is 4. The van der Waals surface area contributed by atoms with Crippen molar-refractivity contribution >= 4 is 5.91 Å². The number of carbonyl (C=O) groups is 1. The Morgan fingerprint density at radius 3 is 2.55 bits per heavy atom. The summed E-state index contributed by atoms with van der Waals surface area (Å²) in [6, 6.07) is -0.324. The van der Waals surface area contributed by atoms with Gasteiger partial charge in [0.25, 0.3) is 0 Å². The standard InChI is InChI=1S/C6H15N3O2/c1-3-5(10)8-6(9-11)4(2)7/h4,6,9,11H,3,7H2,1-2H3,(H,8,10). The van der Waals surface area contributed by atoms with Crippen molar-refractivity contribution in [1.29, 1.82) is 0 Å². The third-order valence-corrected chi connectivity index (χ3v) is 1.30. The smallest absolute Gasteiger partial charge is 0.221 e. The van der Waals surface area contributed by atoms with E-state index in [4.69, 9.17) is 10.9 Å². The minimum Gasteiger partial charge on any atom is -0.337 e. The summed E-state index contributed by atoms with van der Waals surface area (Å²) < 4.78 is 0. The van der Waals surface area contributed by atoms with Crippen molar-refractivity contribution in [3.8, 4) is 0 Å². The molecule has 2 unspecified atom stereocenters. The fourth-order valence-electron chi connectivity index (χ4n) is 0.557. The molecule has 0 rings (SSSR count). The maximum absolute atomic E-state index is 10.8. The van der Waals surface area contributed by atoms with Crippen LogP contribution in [0.25, 0.3) is 0 Å². The molecule has 11 heavy (non-hydrogen) atoms. The predicted molar refractivity (Wildman–Crippen MR) is 40.8 cm³/mol. The topological polar surface area (TPSA) is 87.4 Å². The summed E-state index contributed by atoms with van der Waals surface area (Å²) in [7, 11) is 0. The number of carbonyl (C=O) groups excluding carboxylic acids is 1. The van der Waals surface area contributed by atoms with Crippen molar-refractivity contribution in [1.82, 2.24) is 10.8 Å². The normalized spacial score (nSPS) is 15.6. The van der Waals surface area contributed by atoms with Gasteiger partial charge in [-0.3, -0.25) is 4.79 Å². The van der Waals surface area contributed by atoms with Crippen molar-refractivity contribution < 1.29 is 10.0 Å². The summed E-state index contributed by atoms with van der Waals surface area (Å²) in [6.45, 7) is 3.41. The zero-order valence-corrected chi connectivity index (χ0v) is 6.79. The molecule has 0 radical (unpaired) electrons. The Hall–Kier alpha value is -0.650. The van der Waals surface area contributed by atoms with Gasteiger partial charge in [0, 0.05) is 12.5 Å². The Labute approximate surface area is 65.9 Å². The number of amides is 1. The predicted octanol–water partition coefficient (Wildman–Crippen LogP) is -0.835. The number of nitrogens with two attached hydrogens (primary N) is 1. The maximum Gasteiger partial charge on any atom is 0.221 e. The van der Waals surface area contributed by atoms with Crippen LogP contribution in [0.4, 0.5) is 0 Å². The van der Waals surface area contributed by atoms with Crippen molar-refractivity contribution in [2.75, 3.05) is 0 Å². The first-order valence-corrected chi connectivity index (χ1v) is 3.56. The van der Waals surface area contributed by atoms with Crippen molar-refractivity contribution in [3.05, 3.63) is 0 Å². The summed E-state index contributed by atoms with van der Waals surface area (Å²) in [5, 5.41) is 11.0. The molecule has 1 amide bonds. The first-order chi connectivity index (χ1) is 5.11. The molecule has 0 saturated carbocycles. The van der Waals surface area contributed by atoms with E-state index in [1.807, 2.05) is 5.48 Å². The molecule has 0 saturated heterocycles. The fraction of sp³-hybridized carbons (Fsp3) is 0.833. The van der Waals surface area contributed by atoms with Gasteiger partial charge in [0.15, 0.2) is 0 Å². The molecule has 0 aliphatic rings. The second kappa shape index (κ2) is 5.06. The summed E-state index contributed by atoms with van der Waals surface area (Å²) >= 11 is 0. The van der Waals surface area contributed by atoms with Crippen molar-refractivity contribution in [3.63, 3.8) is 0 Å². The highest BCUT2D eigenvalue weighted by Gasteiger charge is 2.13. The molecule has 0 spiro atoms. The molecule has 0 aromatic carbocycles. The lowest BCUT2D eigenvalue weighted by molar-refractivity contribution is -0.122. The van der Waals surface area contributed by atoms with E-state index >= 15 is 0 Å². The lowest BCUT2D eigenvalue weighted by Gasteiger charge is -2.19. The van der Waals surface area contributed by atoms with Crippen LogP contribution in [-0.2, 0) is 4.79 Å². The lowest BCUT2D eigenvalue weighted by atomic mass is 10.3. The molecule has 0 heterocycles.